The number of hydrogen-bond acceptors (Lipinski definition) is 4. The van der Waals surface area contributed by atoms with E-state index in [0.717, 1.165) is 17.0 Å². The molecule has 1 aliphatic rings. The molecule has 7 heteroatoms. The Hall–Kier alpha value is -3.19. The van der Waals surface area contributed by atoms with Gasteiger partial charge >= 0.3 is 5.97 Å². The van der Waals surface area contributed by atoms with Crippen molar-refractivity contribution in [3.8, 4) is 11.3 Å². The van der Waals surface area contributed by atoms with Gasteiger partial charge in [-0.25, -0.2) is 4.79 Å². The molecule has 0 aliphatic carbocycles. The Balaban J connectivity index is 1.66. The Labute approximate surface area is 161 Å². The van der Waals surface area contributed by atoms with Crippen molar-refractivity contribution in [2.45, 2.75) is 12.1 Å². The smallest absolute Gasteiger partial charge is 0.335 e. The zero-order valence-corrected chi connectivity index (χ0v) is 15.3. The van der Waals surface area contributed by atoms with Crippen LogP contribution in [0.2, 0.25) is 0 Å². The molecule has 1 saturated heterocycles. The van der Waals surface area contributed by atoms with Crippen molar-refractivity contribution in [1.29, 1.82) is 0 Å². The van der Waals surface area contributed by atoms with Crippen LogP contribution in [0.15, 0.2) is 65.2 Å². The third-order valence-electron chi connectivity index (χ3n) is 4.67. The van der Waals surface area contributed by atoms with Crippen molar-refractivity contribution in [3.05, 3.63) is 77.8 Å². The van der Waals surface area contributed by atoms with E-state index in [1.807, 2.05) is 42.3 Å². The van der Waals surface area contributed by atoms with Crippen LogP contribution in [-0.4, -0.2) is 33.1 Å². The first-order chi connectivity index (χ1) is 13.0. The van der Waals surface area contributed by atoms with Crippen LogP contribution in [0.1, 0.15) is 33.9 Å². The molecule has 2 aromatic heterocycles. The van der Waals surface area contributed by atoms with Crippen molar-refractivity contribution in [2.75, 3.05) is 7.05 Å². The third kappa shape index (κ3) is 3.17. The zero-order chi connectivity index (χ0) is 19.0. The standard InChI is InChI=1S/C20H17N3O3S/c1-23-18(17(22-20(23)27)14-4-2-3-11-21-14)16-10-9-15(26-16)12-5-7-13(8-6-12)19(24)25/h2-11,17-18H,1H3,(H,22,27)(H,24,25)/t17-,18-/m1/s1. The number of furan rings is 1. The number of carboxylic acid groups (broad SMARTS) is 1. The van der Waals surface area contributed by atoms with E-state index < -0.39 is 5.97 Å². The van der Waals surface area contributed by atoms with Crippen molar-refractivity contribution in [2.24, 2.45) is 0 Å². The van der Waals surface area contributed by atoms with Crippen molar-refractivity contribution >= 4 is 23.3 Å². The van der Waals surface area contributed by atoms with Gasteiger partial charge < -0.3 is 19.7 Å². The number of thiocarbonyl (C=S) groups is 1. The second-order valence-electron chi connectivity index (χ2n) is 6.32. The first kappa shape index (κ1) is 17.2. The number of carbonyl (C=O) groups is 1. The summed E-state index contributed by atoms with van der Waals surface area (Å²) >= 11 is 5.42. The van der Waals surface area contributed by atoms with Crippen LogP contribution in [-0.2, 0) is 0 Å². The highest BCUT2D eigenvalue weighted by Crippen LogP contribution is 2.39. The molecule has 4 rings (SSSR count). The van der Waals surface area contributed by atoms with E-state index in [1.165, 1.54) is 0 Å². The van der Waals surface area contributed by atoms with Gasteiger partial charge in [0.05, 0.1) is 17.3 Å². The SMILES string of the molecule is CN1C(=S)N[C@H](c2ccccn2)[C@H]1c1ccc(-c2ccc(C(=O)O)cc2)o1. The summed E-state index contributed by atoms with van der Waals surface area (Å²) in [6, 6.07) is 16.0. The summed E-state index contributed by atoms with van der Waals surface area (Å²) in [5.74, 6) is 0.484. The molecule has 2 N–H and O–H groups in total. The molecule has 0 radical (unpaired) electrons. The van der Waals surface area contributed by atoms with Gasteiger partial charge in [0.1, 0.15) is 17.6 Å². The van der Waals surface area contributed by atoms with Gasteiger partial charge in [-0.05, 0) is 48.6 Å². The minimum absolute atomic E-state index is 0.114. The molecule has 27 heavy (non-hydrogen) atoms. The highest BCUT2D eigenvalue weighted by molar-refractivity contribution is 7.80. The molecule has 0 bridgehead atoms. The van der Waals surface area contributed by atoms with Gasteiger partial charge in [-0.1, -0.05) is 18.2 Å². The molecule has 1 aliphatic heterocycles. The maximum Gasteiger partial charge on any atom is 0.335 e. The molecular weight excluding hydrogens is 362 g/mol. The molecule has 3 aromatic rings. The van der Waals surface area contributed by atoms with Crippen molar-refractivity contribution < 1.29 is 14.3 Å². The molecule has 1 aromatic carbocycles. The van der Waals surface area contributed by atoms with Crippen LogP contribution in [0, 0.1) is 0 Å². The Bertz CT molecular complexity index is 985. The number of carboxylic acids is 1. The molecule has 3 heterocycles. The van der Waals surface area contributed by atoms with Gasteiger partial charge in [0.15, 0.2) is 5.11 Å². The second-order valence-corrected chi connectivity index (χ2v) is 6.71. The van der Waals surface area contributed by atoms with Gasteiger partial charge in [-0.15, -0.1) is 0 Å². The van der Waals surface area contributed by atoms with Crippen LogP contribution in [0.25, 0.3) is 11.3 Å². The number of rotatable bonds is 4. The molecular formula is C20H17N3O3S. The number of likely N-dealkylation sites (N-methyl/N-ethyl adjacent to an activating group) is 1. The number of aromatic carboxylic acids is 1. The number of hydrogen-bond donors (Lipinski definition) is 2. The number of nitrogens with one attached hydrogen (secondary N) is 1. The fraction of sp³-hybridized carbons (Fsp3) is 0.150. The van der Waals surface area contributed by atoms with E-state index in [4.69, 9.17) is 21.7 Å². The molecule has 136 valence electrons. The fourth-order valence-electron chi connectivity index (χ4n) is 3.26. The maximum absolute atomic E-state index is 11.0. The van der Waals surface area contributed by atoms with E-state index in [1.54, 1.807) is 30.5 Å². The van der Waals surface area contributed by atoms with E-state index in [-0.39, 0.29) is 17.6 Å². The Morgan fingerprint density at radius 1 is 1.19 bits per heavy atom. The number of pyridine rings is 1. The Morgan fingerprint density at radius 3 is 2.63 bits per heavy atom. The lowest BCUT2D eigenvalue weighted by Crippen LogP contribution is -2.24. The van der Waals surface area contributed by atoms with E-state index in [0.29, 0.717) is 10.9 Å². The second kappa shape index (κ2) is 6.85. The summed E-state index contributed by atoms with van der Waals surface area (Å²) in [5.41, 5.74) is 1.95. The summed E-state index contributed by atoms with van der Waals surface area (Å²) in [7, 11) is 1.92. The van der Waals surface area contributed by atoms with Crippen LogP contribution in [0.4, 0.5) is 0 Å². The highest BCUT2D eigenvalue weighted by Gasteiger charge is 2.39. The van der Waals surface area contributed by atoms with Gasteiger partial charge in [0, 0.05) is 18.8 Å². The summed E-state index contributed by atoms with van der Waals surface area (Å²) < 4.78 is 6.11. The molecule has 1 fully saturated rings. The Morgan fingerprint density at radius 2 is 1.96 bits per heavy atom. The predicted molar refractivity (Wildman–Crippen MR) is 104 cm³/mol. The summed E-state index contributed by atoms with van der Waals surface area (Å²) in [5, 5.41) is 13.0. The average molecular weight is 379 g/mol. The maximum atomic E-state index is 11.0. The zero-order valence-electron chi connectivity index (χ0n) is 14.5. The van der Waals surface area contributed by atoms with Gasteiger partial charge in [-0.3, -0.25) is 4.98 Å². The Kier molecular flexibility index (Phi) is 4.37. The lowest BCUT2D eigenvalue weighted by atomic mass is 10.0. The van der Waals surface area contributed by atoms with Crippen LogP contribution >= 0.6 is 12.2 Å². The van der Waals surface area contributed by atoms with Gasteiger partial charge in [-0.2, -0.15) is 0 Å². The van der Waals surface area contributed by atoms with Crippen molar-refractivity contribution in [1.82, 2.24) is 15.2 Å². The van der Waals surface area contributed by atoms with Gasteiger partial charge in [0.25, 0.3) is 0 Å². The highest BCUT2D eigenvalue weighted by atomic mass is 32.1. The lowest BCUT2D eigenvalue weighted by molar-refractivity contribution is 0.0697. The molecule has 0 unspecified atom stereocenters. The fourth-order valence-corrected chi connectivity index (χ4v) is 3.50. The van der Waals surface area contributed by atoms with E-state index >= 15 is 0 Å². The minimum Gasteiger partial charge on any atom is -0.478 e. The first-order valence-electron chi connectivity index (χ1n) is 8.42. The minimum atomic E-state index is -0.952. The molecule has 0 saturated carbocycles. The number of nitrogens with zero attached hydrogens (tertiary/aromatic N) is 2. The summed E-state index contributed by atoms with van der Waals surface area (Å²) in [6.07, 6.45) is 1.76. The molecule has 0 amide bonds. The normalized spacial score (nSPS) is 19.1. The van der Waals surface area contributed by atoms with Crippen LogP contribution in [0.5, 0.6) is 0 Å². The van der Waals surface area contributed by atoms with E-state index in [2.05, 4.69) is 10.3 Å². The summed E-state index contributed by atoms with van der Waals surface area (Å²) in [6.45, 7) is 0. The van der Waals surface area contributed by atoms with Crippen LogP contribution in [0.3, 0.4) is 0 Å². The molecule has 0 spiro atoms. The number of benzene rings is 1. The quantitative estimate of drug-likeness (QED) is 0.670. The average Bonchev–Trinajstić information content (AvgIpc) is 3.28. The van der Waals surface area contributed by atoms with Gasteiger partial charge in [0.2, 0.25) is 0 Å². The predicted octanol–water partition coefficient (Wildman–Crippen LogP) is 3.64. The van der Waals surface area contributed by atoms with E-state index in [9.17, 15) is 4.79 Å². The third-order valence-corrected chi connectivity index (χ3v) is 5.08. The monoisotopic (exact) mass is 379 g/mol. The van der Waals surface area contributed by atoms with Crippen LogP contribution < -0.4 is 5.32 Å². The van der Waals surface area contributed by atoms with Crippen molar-refractivity contribution in [3.63, 3.8) is 0 Å². The lowest BCUT2D eigenvalue weighted by Gasteiger charge is -2.21. The molecule has 6 nitrogen and oxygen atoms in total. The summed E-state index contributed by atoms with van der Waals surface area (Å²) in [4.78, 5) is 17.4. The largest absolute Gasteiger partial charge is 0.478 e. The topological polar surface area (TPSA) is 78.6 Å². The number of aromatic nitrogens is 1. The first-order valence-corrected chi connectivity index (χ1v) is 8.83. The molecule has 2 atom stereocenters.